The van der Waals surface area contributed by atoms with E-state index in [1.54, 1.807) is 6.07 Å². The van der Waals surface area contributed by atoms with Crippen molar-refractivity contribution in [1.29, 1.82) is 0 Å². The molecule has 1 fully saturated rings. The van der Waals surface area contributed by atoms with Crippen LogP contribution >= 0.6 is 0 Å². The Balaban J connectivity index is 2.15. The van der Waals surface area contributed by atoms with E-state index >= 15 is 0 Å². The van der Waals surface area contributed by atoms with Gasteiger partial charge in [-0.2, -0.15) is 0 Å². The molecule has 0 radical (unpaired) electrons. The Morgan fingerprint density at radius 3 is 2.64 bits per heavy atom. The molecule has 0 aromatic heterocycles. The number of benzene rings is 1. The van der Waals surface area contributed by atoms with E-state index in [1.165, 1.54) is 0 Å². The van der Waals surface area contributed by atoms with Gasteiger partial charge in [-0.3, -0.25) is 9.59 Å². The number of carbonyl (C=O) groups excluding carboxylic acids is 1. The number of carboxylic acid groups (broad SMARTS) is 1. The minimum absolute atomic E-state index is 0.0171. The van der Waals surface area contributed by atoms with E-state index in [1.807, 2.05) is 23.1 Å². The van der Waals surface area contributed by atoms with E-state index in [2.05, 4.69) is 6.92 Å². The zero-order chi connectivity index (χ0) is 15.7. The summed E-state index contributed by atoms with van der Waals surface area (Å²) >= 11 is 0. The van der Waals surface area contributed by atoms with Gasteiger partial charge in [0.15, 0.2) is 0 Å². The highest BCUT2D eigenvalue weighted by atomic mass is 16.4. The summed E-state index contributed by atoms with van der Waals surface area (Å²) in [7, 11) is 0. The highest BCUT2D eigenvalue weighted by Gasteiger charge is 2.55. The van der Waals surface area contributed by atoms with E-state index in [-0.39, 0.29) is 5.91 Å². The van der Waals surface area contributed by atoms with E-state index in [0.29, 0.717) is 17.7 Å². The number of hydrogen-bond acceptors (Lipinski definition) is 2. The van der Waals surface area contributed by atoms with Gasteiger partial charge in [-0.05, 0) is 30.9 Å². The van der Waals surface area contributed by atoms with E-state index in [4.69, 9.17) is 0 Å². The molecular formula is C18H23NO3. The molecule has 1 aliphatic carbocycles. The fraction of sp³-hybridized carbons (Fsp3) is 0.556. The molecule has 1 heterocycles. The predicted octanol–water partition coefficient (Wildman–Crippen LogP) is 3.42. The van der Waals surface area contributed by atoms with Crippen molar-refractivity contribution in [3.8, 4) is 0 Å². The van der Waals surface area contributed by atoms with Crippen molar-refractivity contribution in [2.75, 3.05) is 6.54 Å². The van der Waals surface area contributed by atoms with Crippen molar-refractivity contribution in [2.45, 2.75) is 56.9 Å². The van der Waals surface area contributed by atoms with Crippen LogP contribution in [0.1, 0.15) is 67.3 Å². The molecule has 1 aliphatic heterocycles. The largest absolute Gasteiger partial charge is 0.481 e. The molecule has 4 nitrogen and oxygen atoms in total. The van der Waals surface area contributed by atoms with Crippen molar-refractivity contribution >= 4 is 11.9 Å². The van der Waals surface area contributed by atoms with Gasteiger partial charge in [0.2, 0.25) is 0 Å². The Hall–Kier alpha value is -1.84. The second-order valence-electron chi connectivity index (χ2n) is 6.48. The Bertz CT molecular complexity index is 590. The lowest BCUT2D eigenvalue weighted by molar-refractivity contribution is -0.143. The molecule has 0 unspecified atom stereocenters. The Kier molecular flexibility index (Phi) is 3.94. The van der Waals surface area contributed by atoms with Crippen LogP contribution in [0.25, 0.3) is 0 Å². The zero-order valence-corrected chi connectivity index (χ0v) is 13.0. The average Bonchev–Trinajstić information content (AvgIpc) is 2.97. The molecule has 0 bridgehead atoms. The minimum Gasteiger partial charge on any atom is -0.481 e. The molecule has 1 atom stereocenters. The standard InChI is InChI=1S/C18H23NO3/c1-2-3-12-19-16(20)14-9-5-4-8-13(14)15(17(21)22)18(19)10-6-7-11-18/h4-5,8-9,15H,2-3,6-7,10-12H2,1H3,(H,21,22)/t15-/m0/s1. The Labute approximate surface area is 131 Å². The first-order valence-electron chi connectivity index (χ1n) is 8.25. The van der Waals surface area contributed by atoms with Gasteiger partial charge in [-0.25, -0.2) is 0 Å². The van der Waals surface area contributed by atoms with Crippen LogP contribution in [0.4, 0.5) is 0 Å². The molecule has 2 aliphatic rings. The number of rotatable bonds is 4. The van der Waals surface area contributed by atoms with Gasteiger partial charge >= 0.3 is 5.97 Å². The third kappa shape index (κ3) is 2.13. The lowest BCUT2D eigenvalue weighted by Crippen LogP contribution is -2.59. The van der Waals surface area contributed by atoms with E-state index in [9.17, 15) is 14.7 Å². The molecule has 1 amide bonds. The number of fused-ring (bicyclic) bond motifs is 1. The third-order valence-corrected chi connectivity index (χ3v) is 5.27. The monoisotopic (exact) mass is 301 g/mol. The summed E-state index contributed by atoms with van der Waals surface area (Å²) in [5, 5.41) is 9.90. The summed E-state index contributed by atoms with van der Waals surface area (Å²) in [6.45, 7) is 2.76. The van der Waals surface area contributed by atoms with Crippen molar-refractivity contribution in [2.24, 2.45) is 0 Å². The lowest BCUT2D eigenvalue weighted by atomic mass is 9.71. The van der Waals surface area contributed by atoms with E-state index < -0.39 is 17.4 Å². The smallest absolute Gasteiger partial charge is 0.313 e. The number of carboxylic acids is 1. The molecule has 1 aromatic rings. The van der Waals surface area contributed by atoms with E-state index in [0.717, 1.165) is 38.5 Å². The number of unbranched alkanes of at least 4 members (excludes halogenated alkanes) is 1. The Morgan fingerprint density at radius 1 is 1.32 bits per heavy atom. The first-order chi connectivity index (χ1) is 10.6. The number of hydrogen-bond donors (Lipinski definition) is 1. The minimum atomic E-state index is -0.802. The second kappa shape index (κ2) is 5.75. The summed E-state index contributed by atoms with van der Waals surface area (Å²) < 4.78 is 0. The molecule has 1 spiro atoms. The molecule has 22 heavy (non-hydrogen) atoms. The second-order valence-corrected chi connectivity index (χ2v) is 6.48. The summed E-state index contributed by atoms with van der Waals surface area (Å²) in [5.74, 6) is -1.38. The van der Waals surface area contributed by atoms with Gasteiger partial charge in [0, 0.05) is 12.1 Å². The fourth-order valence-electron chi connectivity index (χ4n) is 4.29. The van der Waals surface area contributed by atoms with Gasteiger partial charge in [0.25, 0.3) is 5.91 Å². The molecule has 118 valence electrons. The summed E-state index contributed by atoms with van der Waals surface area (Å²) in [6, 6.07) is 7.25. The highest BCUT2D eigenvalue weighted by Crippen LogP contribution is 2.50. The van der Waals surface area contributed by atoms with Crippen molar-refractivity contribution < 1.29 is 14.7 Å². The number of aliphatic carboxylic acids is 1. The van der Waals surface area contributed by atoms with Crippen LogP contribution in [0, 0.1) is 0 Å². The van der Waals surface area contributed by atoms with Crippen molar-refractivity contribution in [3.63, 3.8) is 0 Å². The first kappa shape index (κ1) is 15.1. The quantitative estimate of drug-likeness (QED) is 0.927. The normalized spacial score (nSPS) is 22.9. The van der Waals surface area contributed by atoms with Crippen LogP contribution in [-0.4, -0.2) is 34.0 Å². The van der Waals surface area contributed by atoms with Gasteiger partial charge in [-0.1, -0.05) is 44.4 Å². The van der Waals surface area contributed by atoms with Crippen LogP contribution in [0.3, 0.4) is 0 Å². The molecular weight excluding hydrogens is 278 g/mol. The molecule has 0 saturated heterocycles. The molecule has 1 N–H and O–H groups in total. The van der Waals surface area contributed by atoms with Crippen LogP contribution < -0.4 is 0 Å². The zero-order valence-electron chi connectivity index (χ0n) is 13.0. The maximum absolute atomic E-state index is 13.0. The molecule has 3 rings (SSSR count). The SMILES string of the molecule is CCCCN1C(=O)c2ccccc2[C@@H](C(=O)O)C12CCCC2. The van der Waals surface area contributed by atoms with Crippen LogP contribution in [-0.2, 0) is 4.79 Å². The molecule has 4 heteroatoms. The number of nitrogens with zero attached hydrogens (tertiary/aromatic N) is 1. The van der Waals surface area contributed by atoms with Crippen LogP contribution in [0.15, 0.2) is 24.3 Å². The maximum Gasteiger partial charge on any atom is 0.313 e. The number of amides is 1. The van der Waals surface area contributed by atoms with Crippen LogP contribution in [0.2, 0.25) is 0 Å². The summed E-state index contributed by atoms with van der Waals surface area (Å²) in [5.41, 5.74) is 0.755. The maximum atomic E-state index is 13.0. The lowest BCUT2D eigenvalue weighted by Gasteiger charge is -2.49. The Morgan fingerprint density at radius 2 is 2.00 bits per heavy atom. The molecule has 1 saturated carbocycles. The highest BCUT2D eigenvalue weighted by molar-refractivity contribution is 6.01. The van der Waals surface area contributed by atoms with Crippen LogP contribution in [0.5, 0.6) is 0 Å². The summed E-state index contributed by atoms with van der Waals surface area (Å²) in [4.78, 5) is 26.9. The predicted molar refractivity (Wildman–Crippen MR) is 84.0 cm³/mol. The first-order valence-corrected chi connectivity index (χ1v) is 8.25. The summed E-state index contributed by atoms with van der Waals surface area (Å²) in [6.07, 6.45) is 5.52. The van der Waals surface area contributed by atoms with Gasteiger partial charge in [-0.15, -0.1) is 0 Å². The fourth-order valence-corrected chi connectivity index (χ4v) is 4.29. The van der Waals surface area contributed by atoms with Gasteiger partial charge in [0.05, 0.1) is 5.54 Å². The number of carbonyl (C=O) groups is 2. The van der Waals surface area contributed by atoms with Gasteiger partial charge < -0.3 is 10.0 Å². The molecule has 1 aromatic carbocycles. The topological polar surface area (TPSA) is 57.6 Å². The van der Waals surface area contributed by atoms with Crippen molar-refractivity contribution in [3.05, 3.63) is 35.4 Å². The average molecular weight is 301 g/mol. The van der Waals surface area contributed by atoms with Gasteiger partial charge in [0.1, 0.15) is 5.92 Å². The van der Waals surface area contributed by atoms with Crippen molar-refractivity contribution in [1.82, 2.24) is 4.90 Å². The third-order valence-electron chi connectivity index (χ3n) is 5.27.